The van der Waals surface area contributed by atoms with Gasteiger partial charge in [0, 0.05) is 36.7 Å². The zero-order valence-electron chi connectivity index (χ0n) is 31.9. The lowest BCUT2D eigenvalue weighted by Gasteiger charge is -2.29. The van der Waals surface area contributed by atoms with Crippen LogP contribution in [0.1, 0.15) is 101 Å². The molecule has 53 heavy (non-hydrogen) atoms. The molecule has 4 N–H and O–H groups in total. The van der Waals surface area contributed by atoms with Gasteiger partial charge in [-0.05, 0) is 117 Å². The standard InChI is InChI=1S/C43H55ClN4O5/c1-7-10-22-48(23-21-33-13-16-35(44)27-32(33)9-3)42(45)39(47-41(50)28-36(25-30(6)8-2)46-40(49)24-29(4)5)26-31-11-17-37(18-12-31)53-38-19-14-34(15-20-38)43(51)52/h8,11-21,23,27,29,36,39,45H,7,9-10,22,24-26,28H2,1-6H3,(H,46,49)(H,47,50)(H,51,52)/b23-21+,30-8+,45-42?. The maximum absolute atomic E-state index is 13.8. The van der Waals surface area contributed by atoms with Crippen molar-refractivity contribution in [3.8, 4) is 11.5 Å². The number of carboxylic acid groups (broad SMARTS) is 1. The number of aryl methyl sites for hydroxylation is 1. The van der Waals surface area contributed by atoms with Gasteiger partial charge in [0.15, 0.2) is 0 Å². The van der Waals surface area contributed by atoms with Gasteiger partial charge in [-0.15, -0.1) is 0 Å². The van der Waals surface area contributed by atoms with Crippen molar-refractivity contribution in [3.63, 3.8) is 0 Å². The normalized spacial score (nSPS) is 12.7. The number of carbonyl (C=O) groups is 3. The molecule has 0 fully saturated rings. The Balaban J connectivity index is 1.90. The van der Waals surface area contributed by atoms with Crippen LogP contribution < -0.4 is 15.4 Å². The average molecular weight is 743 g/mol. The monoisotopic (exact) mass is 742 g/mol. The molecule has 2 amide bonds. The Kier molecular flexibility index (Phi) is 17.3. The number of halogens is 1. The molecule has 2 unspecified atom stereocenters. The third-order valence-electron chi connectivity index (χ3n) is 8.80. The second-order valence-corrected chi connectivity index (χ2v) is 14.2. The first-order valence-corrected chi connectivity index (χ1v) is 18.8. The van der Waals surface area contributed by atoms with Crippen LogP contribution in [0.4, 0.5) is 0 Å². The second kappa shape index (κ2) is 21.6. The van der Waals surface area contributed by atoms with Crippen LogP contribution in [0.5, 0.6) is 11.5 Å². The molecular weight excluding hydrogens is 688 g/mol. The molecule has 9 nitrogen and oxygen atoms in total. The summed E-state index contributed by atoms with van der Waals surface area (Å²) in [5, 5.41) is 25.5. The van der Waals surface area contributed by atoms with E-state index in [-0.39, 0.29) is 41.6 Å². The van der Waals surface area contributed by atoms with Gasteiger partial charge < -0.3 is 25.4 Å². The second-order valence-electron chi connectivity index (χ2n) is 13.8. The number of carbonyl (C=O) groups excluding carboxylic acids is 2. The van der Waals surface area contributed by atoms with Crippen LogP contribution in [0, 0.1) is 11.3 Å². The molecule has 0 radical (unpaired) electrons. The first-order chi connectivity index (χ1) is 25.3. The Bertz CT molecular complexity index is 1730. The molecule has 3 rings (SSSR count). The molecule has 0 aliphatic rings. The summed E-state index contributed by atoms with van der Waals surface area (Å²) in [4.78, 5) is 39.7. The summed E-state index contributed by atoms with van der Waals surface area (Å²) in [6.45, 7) is 12.7. The van der Waals surface area contributed by atoms with Crippen molar-refractivity contribution in [3.05, 3.63) is 112 Å². The predicted octanol–water partition coefficient (Wildman–Crippen LogP) is 9.45. The topological polar surface area (TPSA) is 132 Å². The fourth-order valence-electron chi connectivity index (χ4n) is 5.78. The van der Waals surface area contributed by atoms with Gasteiger partial charge in [-0.2, -0.15) is 0 Å². The molecule has 0 bridgehead atoms. The number of aromatic carboxylic acids is 1. The summed E-state index contributed by atoms with van der Waals surface area (Å²) in [6, 6.07) is 18.3. The Labute approximate surface area is 320 Å². The predicted molar refractivity (Wildman–Crippen MR) is 215 cm³/mol. The number of allylic oxidation sites excluding steroid dienone is 1. The van der Waals surface area contributed by atoms with Gasteiger partial charge in [-0.3, -0.25) is 15.0 Å². The number of hydrogen-bond donors (Lipinski definition) is 4. The summed E-state index contributed by atoms with van der Waals surface area (Å²) < 4.78 is 5.94. The molecule has 0 saturated carbocycles. The SMILES string of the molecule is C/C=C(\C)CC(CC(=O)NC(Cc1ccc(Oc2ccc(C(=O)O)cc2)cc1)C(=N)N(/C=C/c1ccc(Cl)cc1CC)CCCC)NC(=O)CC(C)C. The molecule has 2 atom stereocenters. The highest BCUT2D eigenvalue weighted by molar-refractivity contribution is 6.30. The first-order valence-electron chi connectivity index (χ1n) is 18.4. The zero-order valence-corrected chi connectivity index (χ0v) is 32.6. The van der Waals surface area contributed by atoms with Crippen LogP contribution in [0.2, 0.25) is 5.02 Å². The van der Waals surface area contributed by atoms with E-state index in [1.807, 2.05) is 93.4 Å². The number of amidine groups is 1. The highest BCUT2D eigenvalue weighted by atomic mass is 35.5. The van der Waals surface area contributed by atoms with Crippen LogP contribution in [-0.4, -0.2) is 52.3 Å². The quantitative estimate of drug-likeness (QED) is 0.0518. The number of hydrogen-bond acceptors (Lipinski definition) is 5. The number of rotatable bonds is 20. The number of nitrogens with one attached hydrogen (secondary N) is 3. The van der Waals surface area contributed by atoms with Gasteiger partial charge in [-0.25, -0.2) is 4.79 Å². The lowest BCUT2D eigenvalue weighted by Crippen LogP contribution is -2.49. The van der Waals surface area contributed by atoms with E-state index in [9.17, 15) is 24.9 Å². The van der Waals surface area contributed by atoms with Crippen molar-refractivity contribution >= 4 is 41.3 Å². The molecule has 284 valence electrons. The fraction of sp³-hybridized carbons (Fsp3) is 0.395. The van der Waals surface area contributed by atoms with Crippen LogP contribution in [-0.2, 0) is 22.4 Å². The van der Waals surface area contributed by atoms with E-state index in [1.54, 1.807) is 12.1 Å². The van der Waals surface area contributed by atoms with Crippen molar-refractivity contribution < 1.29 is 24.2 Å². The first kappa shape index (κ1) is 42.5. The third kappa shape index (κ3) is 14.6. The van der Waals surface area contributed by atoms with Crippen LogP contribution >= 0.6 is 11.6 Å². The maximum Gasteiger partial charge on any atom is 0.335 e. The summed E-state index contributed by atoms with van der Waals surface area (Å²) in [5.41, 5.74) is 4.24. The van der Waals surface area contributed by atoms with Gasteiger partial charge in [-0.1, -0.05) is 75.6 Å². The highest BCUT2D eigenvalue weighted by Gasteiger charge is 2.25. The molecule has 0 spiro atoms. The van der Waals surface area contributed by atoms with Gasteiger partial charge in [0.2, 0.25) is 11.8 Å². The van der Waals surface area contributed by atoms with Crippen molar-refractivity contribution in [1.29, 1.82) is 5.41 Å². The van der Waals surface area contributed by atoms with E-state index in [4.69, 9.17) is 16.3 Å². The largest absolute Gasteiger partial charge is 0.478 e. The number of nitrogens with zero attached hydrogens (tertiary/aromatic N) is 1. The van der Waals surface area contributed by atoms with E-state index in [2.05, 4.69) is 24.5 Å². The maximum atomic E-state index is 13.8. The fourth-order valence-corrected chi connectivity index (χ4v) is 5.97. The molecule has 0 saturated heterocycles. The van der Waals surface area contributed by atoms with Gasteiger partial charge in [0.1, 0.15) is 17.3 Å². The lowest BCUT2D eigenvalue weighted by atomic mass is 10.0. The van der Waals surface area contributed by atoms with E-state index in [1.165, 1.54) is 12.1 Å². The molecular formula is C43H55ClN4O5. The molecule has 3 aromatic carbocycles. The minimum atomic E-state index is -1.01. The number of unbranched alkanes of at least 4 members (excludes halogenated alkanes) is 1. The van der Waals surface area contributed by atoms with Gasteiger partial charge in [0.05, 0.1) is 11.6 Å². The molecule has 10 heteroatoms. The van der Waals surface area contributed by atoms with E-state index in [0.29, 0.717) is 42.3 Å². The number of amides is 2. The summed E-state index contributed by atoms with van der Waals surface area (Å²) in [6.07, 6.45) is 9.81. The highest BCUT2D eigenvalue weighted by Crippen LogP contribution is 2.24. The molecule has 3 aromatic rings. The minimum Gasteiger partial charge on any atom is -0.478 e. The molecule has 0 aliphatic heterocycles. The van der Waals surface area contributed by atoms with Crippen molar-refractivity contribution in [2.45, 2.75) is 98.6 Å². The van der Waals surface area contributed by atoms with Crippen LogP contribution in [0.25, 0.3) is 6.08 Å². The average Bonchev–Trinajstić information content (AvgIpc) is 3.12. The van der Waals surface area contributed by atoms with Crippen LogP contribution in [0.15, 0.2) is 84.6 Å². The molecule has 0 aromatic heterocycles. The summed E-state index contributed by atoms with van der Waals surface area (Å²) in [5.74, 6) is 0.155. The van der Waals surface area contributed by atoms with E-state index in [0.717, 1.165) is 41.5 Å². The third-order valence-corrected chi connectivity index (χ3v) is 9.03. The van der Waals surface area contributed by atoms with Gasteiger partial charge >= 0.3 is 5.97 Å². The zero-order chi connectivity index (χ0) is 38.9. The number of carboxylic acids is 1. The molecule has 0 aliphatic carbocycles. The van der Waals surface area contributed by atoms with Crippen LogP contribution in [0.3, 0.4) is 0 Å². The van der Waals surface area contributed by atoms with E-state index < -0.39 is 12.0 Å². The Hall–Kier alpha value is -4.89. The minimum absolute atomic E-state index is 0.0711. The Morgan fingerprint density at radius 2 is 1.57 bits per heavy atom. The van der Waals surface area contributed by atoms with Crippen molar-refractivity contribution in [1.82, 2.24) is 15.5 Å². The number of benzene rings is 3. The van der Waals surface area contributed by atoms with Gasteiger partial charge in [0.25, 0.3) is 0 Å². The molecule has 0 heterocycles. The smallest absolute Gasteiger partial charge is 0.335 e. The Morgan fingerprint density at radius 1 is 0.925 bits per heavy atom. The Morgan fingerprint density at radius 3 is 2.15 bits per heavy atom. The van der Waals surface area contributed by atoms with Crippen molar-refractivity contribution in [2.75, 3.05) is 6.54 Å². The lowest BCUT2D eigenvalue weighted by molar-refractivity contribution is -0.124. The van der Waals surface area contributed by atoms with Crippen molar-refractivity contribution in [2.24, 2.45) is 5.92 Å². The number of ether oxygens (including phenoxy) is 1. The summed E-state index contributed by atoms with van der Waals surface area (Å²) >= 11 is 6.27. The van der Waals surface area contributed by atoms with E-state index >= 15 is 0 Å². The summed E-state index contributed by atoms with van der Waals surface area (Å²) in [7, 11) is 0.